The summed E-state index contributed by atoms with van der Waals surface area (Å²) >= 11 is 0. The molecule has 1 saturated heterocycles. The number of hydrogen-bond donors (Lipinski definition) is 1. The molecule has 1 aromatic rings. The van der Waals surface area contributed by atoms with Gasteiger partial charge in [-0.25, -0.2) is 4.98 Å². The van der Waals surface area contributed by atoms with Crippen LogP contribution in [-0.2, 0) is 6.54 Å². The van der Waals surface area contributed by atoms with Gasteiger partial charge in [0.2, 0.25) is 0 Å². The van der Waals surface area contributed by atoms with Gasteiger partial charge in [-0.3, -0.25) is 4.90 Å². The maximum atomic E-state index is 4.60. The van der Waals surface area contributed by atoms with Crippen LogP contribution in [0.5, 0.6) is 0 Å². The quantitative estimate of drug-likeness (QED) is 0.912. The van der Waals surface area contributed by atoms with Crippen LogP contribution in [0.15, 0.2) is 18.3 Å². The largest absolute Gasteiger partial charge is 0.357 e. The highest BCUT2D eigenvalue weighted by Gasteiger charge is 2.24. The number of rotatable bonds is 4. The molecule has 1 N–H and O–H groups in total. The zero-order valence-electron chi connectivity index (χ0n) is 13.4. The van der Waals surface area contributed by atoms with Crippen molar-refractivity contribution >= 4 is 5.82 Å². The Bertz CT molecular complexity index is 405. The van der Waals surface area contributed by atoms with Crippen molar-refractivity contribution < 1.29 is 0 Å². The lowest BCUT2D eigenvalue weighted by Crippen LogP contribution is -2.54. The molecule has 112 valence electrons. The van der Waals surface area contributed by atoms with E-state index in [0.29, 0.717) is 18.1 Å². The third-order valence-electron chi connectivity index (χ3n) is 4.32. The molecule has 2 atom stereocenters. The molecule has 0 amide bonds. The van der Waals surface area contributed by atoms with Crippen molar-refractivity contribution in [1.82, 2.24) is 15.2 Å². The van der Waals surface area contributed by atoms with E-state index in [2.05, 4.69) is 67.0 Å². The van der Waals surface area contributed by atoms with Crippen LogP contribution in [0, 0.1) is 0 Å². The Balaban J connectivity index is 2.03. The predicted molar refractivity (Wildman–Crippen MR) is 85.1 cm³/mol. The minimum atomic E-state index is 0.474. The van der Waals surface area contributed by atoms with Gasteiger partial charge < -0.3 is 10.2 Å². The monoisotopic (exact) mass is 276 g/mol. The summed E-state index contributed by atoms with van der Waals surface area (Å²) in [5.41, 5.74) is 1.30. The molecule has 2 heterocycles. The molecule has 0 unspecified atom stereocenters. The first-order valence-corrected chi connectivity index (χ1v) is 7.63. The molecule has 20 heavy (non-hydrogen) atoms. The van der Waals surface area contributed by atoms with Crippen LogP contribution in [0.25, 0.3) is 0 Å². The van der Waals surface area contributed by atoms with Crippen molar-refractivity contribution in [2.45, 2.75) is 52.4 Å². The second kappa shape index (κ2) is 6.55. The summed E-state index contributed by atoms with van der Waals surface area (Å²) in [6.07, 6.45) is 2.02. The number of piperazine rings is 1. The zero-order valence-corrected chi connectivity index (χ0v) is 13.4. The first-order chi connectivity index (χ1) is 9.49. The molecule has 1 aliphatic heterocycles. The van der Waals surface area contributed by atoms with E-state index in [4.69, 9.17) is 0 Å². The van der Waals surface area contributed by atoms with E-state index in [1.54, 1.807) is 0 Å². The maximum absolute atomic E-state index is 4.60. The second-order valence-electron chi connectivity index (χ2n) is 6.26. The molecule has 0 aliphatic carbocycles. The van der Waals surface area contributed by atoms with Gasteiger partial charge in [0.1, 0.15) is 5.82 Å². The average molecular weight is 276 g/mol. The maximum Gasteiger partial charge on any atom is 0.128 e. The lowest BCUT2D eigenvalue weighted by Gasteiger charge is -2.39. The number of anilines is 1. The van der Waals surface area contributed by atoms with Crippen LogP contribution in [0.2, 0.25) is 0 Å². The molecule has 4 nitrogen and oxygen atoms in total. The molecular weight excluding hydrogens is 248 g/mol. The summed E-state index contributed by atoms with van der Waals surface area (Å²) < 4.78 is 0. The molecule has 1 aromatic heterocycles. The van der Waals surface area contributed by atoms with Crippen LogP contribution in [0.3, 0.4) is 0 Å². The van der Waals surface area contributed by atoms with Crippen molar-refractivity contribution in [3.05, 3.63) is 23.9 Å². The Kier molecular flexibility index (Phi) is 5.00. The average Bonchev–Trinajstić information content (AvgIpc) is 2.43. The normalized spacial score (nSPS) is 24.1. The molecule has 2 rings (SSSR count). The third-order valence-corrected chi connectivity index (χ3v) is 4.32. The van der Waals surface area contributed by atoms with Crippen LogP contribution >= 0.6 is 0 Å². The summed E-state index contributed by atoms with van der Waals surface area (Å²) in [7, 11) is 2.09. The van der Waals surface area contributed by atoms with E-state index < -0.39 is 0 Å². The molecular formula is C16H28N4. The molecule has 4 heteroatoms. The van der Waals surface area contributed by atoms with Gasteiger partial charge in [-0.05, 0) is 39.3 Å². The van der Waals surface area contributed by atoms with Gasteiger partial charge in [0.25, 0.3) is 0 Å². The van der Waals surface area contributed by atoms with Crippen LogP contribution in [0.4, 0.5) is 5.82 Å². The van der Waals surface area contributed by atoms with Crippen molar-refractivity contribution in [3.63, 3.8) is 0 Å². The van der Waals surface area contributed by atoms with Gasteiger partial charge in [0.05, 0.1) is 0 Å². The Morgan fingerprint density at radius 2 is 1.95 bits per heavy atom. The first-order valence-electron chi connectivity index (χ1n) is 7.63. The van der Waals surface area contributed by atoms with Gasteiger partial charge in [0.15, 0.2) is 0 Å². The topological polar surface area (TPSA) is 31.4 Å². The summed E-state index contributed by atoms with van der Waals surface area (Å²) in [5.74, 6) is 1.05. The first kappa shape index (κ1) is 15.3. The molecule has 1 aliphatic rings. The van der Waals surface area contributed by atoms with Gasteiger partial charge in [-0.2, -0.15) is 0 Å². The molecule has 1 fully saturated rings. The van der Waals surface area contributed by atoms with Crippen LogP contribution < -0.4 is 10.2 Å². The van der Waals surface area contributed by atoms with Gasteiger partial charge in [0, 0.05) is 51.0 Å². The van der Waals surface area contributed by atoms with E-state index in [1.165, 1.54) is 5.56 Å². The van der Waals surface area contributed by atoms with E-state index in [-0.39, 0.29) is 0 Å². The molecule has 0 bridgehead atoms. The van der Waals surface area contributed by atoms with E-state index in [1.807, 2.05) is 6.20 Å². The predicted octanol–water partition coefficient (Wildman–Crippen LogP) is 2.11. The minimum Gasteiger partial charge on any atom is -0.357 e. The summed E-state index contributed by atoms with van der Waals surface area (Å²) in [4.78, 5) is 9.35. The highest BCUT2D eigenvalue weighted by molar-refractivity contribution is 5.39. The van der Waals surface area contributed by atoms with Gasteiger partial charge >= 0.3 is 0 Å². The van der Waals surface area contributed by atoms with Crippen molar-refractivity contribution in [3.8, 4) is 0 Å². The molecule has 0 spiro atoms. The second-order valence-corrected chi connectivity index (χ2v) is 6.26. The Labute approximate surface area is 123 Å². The van der Waals surface area contributed by atoms with Gasteiger partial charge in [-0.1, -0.05) is 6.07 Å². The fraction of sp³-hybridized carbons (Fsp3) is 0.688. The van der Waals surface area contributed by atoms with E-state index in [0.717, 1.165) is 25.5 Å². The van der Waals surface area contributed by atoms with Crippen LogP contribution in [-0.4, -0.2) is 48.1 Å². The standard InChI is InChI=1S/C16H28N4/c1-12(2)19(5)16-7-6-15(10-18-16)11-20-13(3)8-17-9-14(20)4/h6-7,10,12-14,17H,8-9,11H2,1-5H3/t13-,14+. The van der Waals surface area contributed by atoms with Crippen molar-refractivity contribution in [1.29, 1.82) is 0 Å². The smallest absolute Gasteiger partial charge is 0.128 e. The lowest BCUT2D eigenvalue weighted by molar-refractivity contribution is 0.108. The number of pyridine rings is 1. The number of nitrogens with zero attached hydrogens (tertiary/aromatic N) is 3. The minimum absolute atomic E-state index is 0.474. The zero-order chi connectivity index (χ0) is 14.7. The number of hydrogen-bond acceptors (Lipinski definition) is 4. The highest BCUT2D eigenvalue weighted by atomic mass is 15.2. The molecule has 0 aromatic carbocycles. The van der Waals surface area contributed by atoms with Crippen LogP contribution in [0.1, 0.15) is 33.3 Å². The lowest BCUT2D eigenvalue weighted by atomic mass is 10.1. The highest BCUT2D eigenvalue weighted by Crippen LogP contribution is 2.17. The third kappa shape index (κ3) is 3.49. The summed E-state index contributed by atoms with van der Waals surface area (Å²) in [5, 5.41) is 3.47. The fourth-order valence-electron chi connectivity index (χ4n) is 2.68. The van der Waals surface area contributed by atoms with Crippen molar-refractivity contribution in [2.24, 2.45) is 0 Å². The number of nitrogens with one attached hydrogen (secondary N) is 1. The van der Waals surface area contributed by atoms with Crippen molar-refractivity contribution in [2.75, 3.05) is 25.0 Å². The Morgan fingerprint density at radius 3 is 2.45 bits per heavy atom. The Morgan fingerprint density at radius 1 is 1.30 bits per heavy atom. The fourth-order valence-corrected chi connectivity index (χ4v) is 2.68. The SMILES string of the molecule is CC(C)N(C)c1ccc(CN2[C@H](C)CNC[C@@H]2C)cn1. The van der Waals surface area contributed by atoms with E-state index >= 15 is 0 Å². The van der Waals surface area contributed by atoms with Gasteiger partial charge in [-0.15, -0.1) is 0 Å². The summed E-state index contributed by atoms with van der Waals surface area (Å²) in [6.45, 7) is 12.1. The van der Waals surface area contributed by atoms with E-state index in [9.17, 15) is 0 Å². The molecule has 0 saturated carbocycles. The Hall–Kier alpha value is -1.13. The molecule has 0 radical (unpaired) electrons. The summed E-state index contributed by atoms with van der Waals surface area (Å²) in [6, 6.07) is 5.98. The number of aromatic nitrogens is 1.